The van der Waals surface area contributed by atoms with Crippen LogP contribution in [0.15, 0.2) is 54.6 Å². The maximum absolute atomic E-state index is 13.4. The van der Waals surface area contributed by atoms with Crippen molar-refractivity contribution in [3.05, 3.63) is 65.7 Å². The number of imide groups is 1. The summed E-state index contributed by atoms with van der Waals surface area (Å²) in [6.07, 6.45) is -2.90. The zero-order chi connectivity index (χ0) is 32.3. The Morgan fingerprint density at radius 3 is 1.70 bits per heavy atom. The second-order valence-corrected chi connectivity index (χ2v) is 12.9. The Balaban J connectivity index is 2.19. The molecule has 0 bridgehead atoms. The second kappa shape index (κ2) is 12.3. The first kappa shape index (κ1) is 32.9. The first-order valence-corrected chi connectivity index (χ1v) is 13.8. The van der Waals surface area contributed by atoms with Crippen LogP contribution in [0.2, 0.25) is 0 Å². The number of hydrogen-bond donors (Lipinski definition) is 0. The van der Waals surface area contributed by atoms with E-state index in [9.17, 15) is 19.2 Å². The van der Waals surface area contributed by atoms with E-state index >= 15 is 0 Å². The fourth-order valence-corrected chi connectivity index (χ4v) is 3.90. The fourth-order valence-electron chi connectivity index (χ4n) is 3.90. The van der Waals surface area contributed by atoms with Crippen molar-refractivity contribution in [1.82, 2.24) is 0 Å². The van der Waals surface area contributed by atoms with Crippen molar-refractivity contribution in [3.8, 4) is 11.5 Å². The lowest BCUT2D eigenvalue weighted by molar-refractivity contribution is 0.0206. The van der Waals surface area contributed by atoms with Crippen LogP contribution in [0.3, 0.4) is 0 Å². The Bertz CT molecular complexity index is 1500. The van der Waals surface area contributed by atoms with Crippen molar-refractivity contribution in [3.63, 3.8) is 0 Å². The number of hydrogen-bond acceptors (Lipinski definition) is 9. The molecule has 230 valence electrons. The number of carbonyl (C=O) groups excluding carboxylic acids is 4. The van der Waals surface area contributed by atoms with Gasteiger partial charge in [-0.1, -0.05) is 24.3 Å². The van der Waals surface area contributed by atoms with Gasteiger partial charge >= 0.3 is 24.3 Å². The van der Waals surface area contributed by atoms with Crippen LogP contribution in [0.25, 0.3) is 10.8 Å². The van der Waals surface area contributed by atoms with E-state index < -0.39 is 41.1 Å². The number of amides is 2. The van der Waals surface area contributed by atoms with Gasteiger partial charge in [-0.15, -0.1) is 0 Å². The molecule has 3 aromatic carbocycles. The summed E-state index contributed by atoms with van der Waals surface area (Å²) in [5, 5.41) is 0.774. The number of anilines is 1. The Kier molecular flexibility index (Phi) is 9.43. The fraction of sp³-hybridized carbons (Fsp3) is 0.394. The summed E-state index contributed by atoms with van der Waals surface area (Å²) in [5.41, 5.74) is -2.11. The van der Waals surface area contributed by atoms with Crippen molar-refractivity contribution in [2.24, 2.45) is 0 Å². The van der Waals surface area contributed by atoms with E-state index in [0.717, 1.165) is 4.90 Å². The molecule has 0 aromatic heterocycles. The van der Waals surface area contributed by atoms with Crippen molar-refractivity contribution < 1.29 is 42.9 Å². The van der Waals surface area contributed by atoms with Crippen LogP contribution in [0.1, 0.15) is 78.2 Å². The summed E-state index contributed by atoms with van der Waals surface area (Å²) >= 11 is 0. The normalized spacial score (nSPS) is 11.9. The third kappa shape index (κ3) is 9.19. The minimum absolute atomic E-state index is 0.00565. The average Bonchev–Trinajstić information content (AvgIpc) is 2.81. The van der Waals surface area contributed by atoms with Gasteiger partial charge in [-0.25, -0.2) is 19.2 Å². The van der Waals surface area contributed by atoms with E-state index in [0.29, 0.717) is 22.1 Å². The molecule has 43 heavy (non-hydrogen) atoms. The number of benzene rings is 3. The molecule has 0 aliphatic rings. The minimum atomic E-state index is -1.03. The molecule has 2 amide bonds. The zero-order valence-electron chi connectivity index (χ0n) is 26.3. The number of rotatable bonds is 4. The van der Waals surface area contributed by atoms with E-state index in [1.54, 1.807) is 106 Å². The van der Waals surface area contributed by atoms with Gasteiger partial charge in [-0.3, -0.25) is 0 Å². The third-order valence-corrected chi connectivity index (χ3v) is 5.42. The molecule has 0 saturated carbocycles. The van der Waals surface area contributed by atoms with Crippen LogP contribution in [0.5, 0.6) is 11.5 Å². The summed E-state index contributed by atoms with van der Waals surface area (Å²) in [4.78, 5) is 53.4. The molecule has 0 unspecified atom stereocenters. The van der Waals surface area contributed by atoms with Crippen LogP contribution in [0, 0.1) is 6.92 Å². The molecule has 0 fully saturated rings. The van der Waals surface area contributed by atoms with Crippen LogP contribution in [0.4, 0.5) is 20.1 Å². The number of esters is 1. The van der Waals surface area contributed by atoms with Crippen molar-refractivity contribution in [2.75, 3.05) is 4.90 Å². The summed E-state index contributed by atoms with van der Waals surface area (Å²) < 4.78 is 27.6. The summed E-state index contributed by atoms with van der Waals surface area (Å²) in [6, 6.07) is 14.6. The highest BCUT2D eigenvalue weighted by Gasteiger charge is 2.33. The maximum atomic E-state index is 13.4. The predicted octanol–water partition coefficient (Wildman–Crippen LogP) is 8.36. The molecule has 0 saturated heterocycles. The highest BCUT2D eigenvalue weighted by Crippen LogP contribution is 2.37. The molecule has 0 heterocycles. The molecular formula is C33H39NO9. The standard InChI is InChI=1S/C33H39NO9/c1-20-18-21-19-22(34(28(36)41-31(2,3)4)29(37)42-32(5,6)7)16-17-24(21)26(40-30(38)43-33(8,9)10)25(20)27(35)39-23-14-12-11-13-15-23/h11-19H,1-10H3. The first-order valence-electron chi connectivity index (χ1n) is 13.8. The number of fused-ring (bicyclic) bond motifs is 1. The monoisotopic (exact) mass is 593 g/mol. The number of para-hydroxylation sites is 1. The van der Waals surface area contributed by atoms with E-state index in [4.69, 9.17) is 23.7 Å². The molecule has 0 aliphatic heterocycles. The first-order chi connectivity index (χ1) is 19.7. The highest BCUT2D eigenvalue weighted by molar-refractivity contribution is 6.12. The number of aryl methyl sites for hydroxylation is 1. The van der Waals surface area contributed by atoms with Gasteiger partial charge in [0.2, 0.25) is 0 Å². The van der Waals surface area contributed by atoms with Gasteiger partial charge in [-0.2, -0.15) is 4.90 Å². The van der Waals surface area contributed by atoms with Crippen molar-refractivity contribution in [1.29, 1.82) is 0 Å². The molecule has 0 N–H and O–H groups in total. The number of nitrogens with zero attached hydrogens (tertiary/aromatic N) is 1. The highest BCUT2D eigenvalue weighted by atomic mass is 16.7. The van der Waals surface area contributed by atoms with Crippen molar-refractivity contribution >= 4 is 40.8 Å². The topological polar surface area (TPSA) is 118 Å². The van der Waals surface area contributed by atoms with Gasteiger partial charge < -0.3 is 23.7 Å². The molecule has 0 spiro atoms. The van der Waals surface area contributed by atoms with Crippen LogP contribution in [-0.2, 0) is 14.2 Å². The van der Waals surface area contributed by atoms with Gasteiger partial charge in [0.05, 0.1) is 5.69 Å². The van der Waals surface area contributed by atoms with Crippen molar-refractivity contribution in [2.45, 2.75) is 86.0 Å². The lowest BCUT2D eigenvalue weighted by Gasteiger charge is -2.28. The van der Waals surface area contributed by atoms with Gasteiger partial charge in [0.15, 0.2) is 5.75 Å². The van der Waals surface area contributed by atoms with Gasteiger partial charge in [0.25, 0.3) is 0 Å². The molecule has 10 heteroatoms. The van der Waals surface area contributed by atoms with Gasteiger partial charge in [0.1, 0.15) is 28.1 Å². The summed E-state index contributed by atoms with van der Waals surface area (Å²) in [7, 11) is 0. The molecule has 3 rings (SSSR count). The lowest BCUT2D eigenvalue weighted by atomic mass is 9.99. The summed E-state index contributed by atoms with van der Waals surface area (Å²) in [6.45, 7) is 16.8. The minimum Gasteiger partial charge on any atom is -0.443 e. The Morgan fingerprint density at radius 2 is 1.19 bits per heavy atom. The number of carbonyl (C=O) groups is 4. The molecule has 0 radical (unpaired) electrons. The third-order valence-electron chi connectivity index (χ3n) is 5.42. The van der Waals surface area contributed by atoms with E-state index in [-0.39, 0.29) is 17.0 Å². The Labute approximate surface area is 251 Å². The van der Waals surface area contributed by atoms with E-state index in [1.807, 2.05) is 0 Å². The van der Waals surface area contributed by atoms with E-state index in [2.05, 4.69) is 0 Å². The molecule has 3 aromatic rings. The molecule has 0 atom stereocenters. The van der Waals surface area contributed by atoms with E-state index in [1.165, 1.54) is 18.2 Å². The van der Waals surface area contributed by atoms with Crippen LogP contribution in [-0.4, -0.2) is 41.1 Å². The Hall–Kier alpha value is -4.60. The molecule has 10 nitrogen and oxygen atoms in total. The number of ether oxygens (including phenoxy) is 5. The molecule has 0 aliphatic carbocycles. The SMILES string of the molecule is Cc1cc2cc(N(C(=O)OC(C)(C)C)C(=O)OC(C)(C)C)ccc2c(OC(=O)OC(C)(C)C)c1C(=O)Oc1ccccc1. The van der Waals surface area contributed by atoms with Crippen LogP contribution >= 0.6 is 0 Å². The maximum Gasteiger partial charge on any atom is 0.514 e. The molecular weight excluding hydrogens is 554 g/mol. The quantitative estimate of drug-likeness (QED) is 0.127. The zero-order valence-corrected chi connectivity index (χ0v) is 26.3. The largest absolute Gasteiger partial charge is 0.514 e. The Morgan fingerprint density at radius 1 is 0.651 bits per heavy atom. The second-order valence-electron chi connectivity index (χ2n) is 12.9. The summed E-state index contributed by atoms with van der Waals surface area (Å²) in [5.74, 6) is -0.550. The average molecular weight is 594 g/mol. The predicted molar refractivity (Wildman–Crippen MR) is 162 cm³/mol. The van der Waals surface area contributed by atoms with Gasteiger partial charge in [0, 0.05) is 5.39 Å². The van der Waals surface area contributed by atoms with Crippen LogP contribution < -0.4 is 14.4 Å². The lowest BCUT2D eigenvalue weighted by Crippen LogP contribution is -2.43. The smallest absolute Gasteiger partial charge is 0.443 e. The van der Waals surface area contributed by atoms with Gasteiger partial charge in [-0.05, 0) is 111 Å².